The van der Waals surface area contributed by atoms with Crippen LogP contribution < -0.4 is 0 Å². The Morgan fingerprint density at radius 2 is 2.05 bits per heavy atom. The van der Waals surface area contributed by atoms with Crippen LogP contribution in [0.5, 0.6) is 0 Å². The van der Waals surface area contributed by atoms with Crippen LogP contribution in [0.1, 0.15) is 18.4 Å². The van der Waals surface area contributed by atoms with Crippen molar-refractivity contribution in [3.8, 4) is 0 Å². The molecule has 0 radical (unpaired) electrons. The maximum atomic E-state index is 12.9. The monoisotopic (exact) mass is 366 g/mol. The number of sulfonamides is 1. The Bertz CT molecular complexity index is 730. The van der Waals surface area contributed by atoms with Gasteiger partial charge in [0.05, 0.1) is 4.90 Å². The van der Waals surface area contributed by atoms with Gasteiger partial charge in [0.25, 0.3) is 0 Å². The lowest BCUT2D eigenvalue weighted by Gasteiger charge is -2.22. The van der Waals surface area contributed by atoms with E-state index >= 15 is 0 Å². The van der Waals surface area contributed by atoms with Crippen molar-refractivity contribution in [2.24, 2.45) is 0 Å². The first-order valence-electron chi connectivity index (χ1n) is 6.74. The standard InChI is InChI=1S/C15H15BrN2O2S/c16-13-4-1-5-15(9-13)21(19,20)18(14-6-7-14)11-12-3-2-8-17-10-12/h1-5,8-10,14H,6-7,11H2. The molecule has 110 valence electrons. The summed E-state index contributed by atoms with van der Waals surface area (Å²) in [5.41, 5.74) is 0.906. The van der Waals surface area contributed by atoms with E-state index in [2.05, 4.69) is 20.9 Å². The number of hydrogen-bond acceptors (Lipinski definition) is 3. The molecule has 1 aliphatic rings. The van der Waals surface area contributed by atoms with Crippen LogP contribution in [0.25, 0.3) is 0 Å². The SMILES string of the molecule is O=S(=O)(c1cccc(Br)c1)N(Cc1cccnc1)C1CC1. The zero-order valence-electron chi connectivity index (χ0n) is 11.3. The van der Waals surface area contributed by atoms with Crippen LogP contribution >= 0.6 is 15.9 Å². The van der Waals surface area contributed by atoms with Crippen molar-refractivity contribution < 1.29 is 8.42 Å². The summed E-state index contributed by atoms with van der Waals surface area (Å²) < 4.78 is 28.1. The first kappa shape index (κ1) is 14.7. The van der Waals surface area contributed by atoms with Crippen molar-refractivity contribution >= 4 is 26.0 Å². The first-order chi connectivity index (χ1) is 10.1. The van der Waals surface area contributed by atoms with Crippen LogP contribution in [0.15, 0.2) is 58.2 Å². The fourth-order valence-corrected chi connectivity index (χ4v) is 4.48. The molecule has 1 heterocycles. The average Bonchev–Trinajstić information content (AvgIpc) is 3.30. The van der Waals surface area contributed by atoms with Crippen LogP contribution in [-0.2, 0) is 16.6 Å². The predicted octanol–water partition coefficient (Wildman–Crippen LogP) is 3.20. The molecule has 0 N–H and O–H groups in total. The van der Waals surface area contributed by atoms with Gasteiger partial charge >= 0.3 is 0 Å². The molecule has 2 aromatic rings. The lowest BCUT2D eigenvalue weighted by atomic mass is 10.3. The molecular weight excluding hydrogens is 352 g/mol. The van der Waals surface area contributed by atoms with Crippen molar-refractivity contribution in [1.82, 2.24) is 9.29 Å². The van der Waals surface area contributed by atoms with E-state index in [4.69, 9.17) is 0 Å². The van der Waals surface area contributed by atoms with Crippen molar-refractivity contribution in [1.29, 1.82) is 0 Å². The summed E-state index contributed by atoms with van der Waals surface area (Å²) in [7, 11) is -3.48. The van der Waals surface area contributed by atoms with Gasteiger partial charge in [-0.15, -0.1) is 0 Å². The van der Waals surface area contributed by atoms with E-state index in [1.54, 1.807) is 34.9 Å². The van der Waals surface area contributed by atoms with Crippen molar-refractivity contribution in [3.63, 3.8) is 0 Å². The van der Waals surface area contributed by atoms with Gasteiger partial charge in [-0.1, -0.05) is 28.1 Å². The van der Waals surface area contributed by atoms with E-state index < -0.39 is 10.0 Å². The molecular formula is C15H15BrN2O2S. The highest BCUT2D eigenvalue weighted by Crippen LogP contribution is 2.33. The smallest absolute Gasteiger partial charge is 0.243 e. The predicted molar refractivity (Wildman–Crippen MR) is 84.1 cm³/mol. The summed E-state index contributed by atoms with van der Waals surface area (Å²) in [6.45, 7) is 0.368. The van der Waals surface area contributed by atoms with Crippen LogP contribution in [-0.4, -0.2) is 23.7 Å². The maximum absolute atomic E-state index is 12.9. The highest BCUT2D eigenvalue weighted by molar-refractivity contribution is 9.10. The summed E-state index contributed by atoms with van der Waals surface area (Å²) in [6, 6.07) is 10.7. The Hall–Kier alpha value is -1.24. The van der Waals surface area contributed by atoms with Gasteiger partial charge in [-0.05, 0) is 42.7 Å². The molecule has 1 saturated carbocycles. The first-order valence-corrected chi connectivity index (χ1v) is 8.97. The Balaban J connectivity index is 1.93. The third-order valence-corrected chi connectivity index (χ3v) is 5.81. The zero-order chi connectivity index (χ0) is 14.9. The molecule has 6 heteroatoms. The fourth-order valence-electron chi connectivity index (χ4n) is 2.21. The van der Waals surface area contributed by atoms with E-state index in [0.717, 1.165) is 22.9 Å². The molecule has 0 aliphatic heterocycles. The highest BCUT2D eigenvalue weighted by Gasteiger charge is 2.38. The second-order valence-corrected chi connectivity index (χ2v) is 7.91. The molecule has 1 aromatic carbocycles. The highest BCUT2D eigenvalue weighted by atomic mass is 79.9. The third-order valence-electron chi connectivity index (χ3n) is 3.42. The minimum absolute atomic E-state index is 0.106. The number of rotatable bonds is 5. The minimum atomic E-state index is -3.48. The Kier molecular flexibility index (Phi) is 4.10. The normalized spacial score (nSPS) is 15.3. The molecule has 0 atom stereocenters. The Morgan fingerprint density at radius 1 is 1.24 bits per heavy atom. The van der Waals surface area contributed by atoms with E-state index in [-0.39, 0.29) is 6.04 Å². The van der Waals surface area contributed by atoms with Gasteiger partial charge in [-0.2, -0.15) is 4.31 Å². The fraction of sp³-hybridized carbons (Fsp3) is 0.267. The molecule has 0 bridgehead atoms. The molecule has 1 aliphatic carbocycles. The van der Waals surface area contributed by atoms with Gasteiger partial charge in [-0.3, -0.25) is 4.98 Å². The van der Waals surface area contributed by atoms with Crippen LogP contribution in [0, 0.1) is 0 Å². The summed E-state index contributed by atoms with van der Waals surface area (Å²) in [6.07, 6.45) is 5.25. The number of pyridine rings is 1. The van der Waals surface area contributed by atoms with Gasteiger partial charge < -0.3 is 0 Å². The van der Waals surface area contributed by atoms with E-state index in [0.29, 0.717) is 11.4 Å². The van der Waals surface area contributed by atoms with Gasteiger partial charge in [0, 0.05) is 29.5 Å². The lowest BCUT2D eigenvalue weighted by molar-refractivity contribution is 0.398. The average molecular weight is 367 g/mol. The van der Waals surface area contributed by atoms with E-state index in [1.165, 1.54) is 0 Å². The second-order valence-electron chi connectivity index (χ2n) is 5.10. The van der Waals surface area contributed by atoms with Crippen LogP contribution in [0.4, 0.5) is 0 Å². The minimum Gasteiger partial charge on any atom is -0.264 e. The largest absolute Gasteiger partial charge is 0.264 e. The van der Waals surface area contributed by atoms with Gasteiger partial charge in [0.2, 0.25) is 10.0 Å². The van der Waals surface area contributed by atoms with Crippen molar-refractivity contribution in [3.05, 3.63) is 58.8 Å². The molecule has 0 amide bonds. The molecule has 3 rings (SSSR count). The maximum Gasteiger partial charge on any atom is 0.243 e. The summed E-state index contributed by atoms with van der Waals surface area (Å²) in [5, 5.41) is 0. The molecule has 0 unspecified atom stereocenters. The Labute approximate surface area is 133 Å². The quantitative estimate of drug-likeness (QED) is 0.816. The van der Waals surface area contributed by atoms with Gasteiger partial charge in [0.1, 0.15) is 0 Å². The summed E-state index contributed by atoms with van der Waals surface area (Å²) in [4.78, 5) is 4.38. The van der Waals surface area contributed by atoms with Crippen LogP contribution in [0.3, 0.4) is 0 Å². The van der Waals surface area contributed by atoms with E-state index in [1.807, 2.05) is 18.2 Å². The number of nitrogens with zero attached hydrogens (tertiary/aromatic N) is 2. The van der Waals surface area contributed by atoms with E-state index in [9.17, 15) is 8.42 Å². The second kappa shape index (κ2) is 5.87. The molecule has 4 nitrogen and oxygen atoms in total. The molecule has 1 fully saturated rings. The third kappa shape index (κ3) is 3.33. The number of aromatic nitrogens is 1. The summed E-state index contributed by atoms with van der Waals surface area (Å²) >= 11 is 3.33. The summed E-state index contributed by atoms with van der Waals surface area (Å²) in [5.74, 6) is 0. The molecule has 21 heavy (non-hydrogen) atoms. The zero-order valence-corrected chi connectivity index (χ0v) is 13.7. The molecule has 0 saturated heterocycles. The lowest BCUT2D eigenvalue weighted by Crippen LogP contribution is -2.32. The molecule has 0 spiro atoms. The molecule has 1 aromatic heterocycles. The van der Waals surface area contributed by atoms with Crippen molar-refractivity contribution in [2.45, 2.75) is 30.3 Å². The van der Waals surface area contributed by atoms with Gasteiger partial charge in [0.15, 0.2) is 0 Å². The van der Waals surface area contributed by atoms with Crippen molar-refractivity contribution in [2.75, 3.05) is 0 Å². The number of benzene rings is 1. The number of hydrogen-bond donors (Lipinski definition) is 0. The Morgan fingerprint density at radius 3 is 2.67 bits per heavy atom. The van der Waals surface area contributed by atoms with Gasteiger partial charge in [-0.25, -0.2) is 8.42 Å². The van der Waals surface area contributed by atoms with Crippen LogP contribution in [0.2, 0.25) is 0 Å². The topological polar surface area (TPSA) is 50.3 Å². The number of halogens is 1.